The molecule has 0 aliphatic heterocycles. The third kappa shape index (κ3) is 3.65. The van der Waals surface area contributed by atoms with Crippen LogP contribution in [0.25, 0.3) is 0 Å². The van der Waals surface area contributed by atoms with Crippen LogP contribution in [0.4, 0.5) is 16.8 Å². The van der Waals surface area contributed by atoms with Gasteiger partial charge in [0.2, 0.25) is 0 Å². The fourth-order valence-corrected chi connectivity index (χ4v) is 4.15. The van der Waals surface area contributed by atoms with E-state index < -0.39 is 34.4 Å². The van der Waals surface area contributed by atoms with Gasteiger partial charge in [0.15, 0.2) is 0 Å². The van der Waals surface area contributed by atoms with Crippen molar-refractivity contribution in [2.75, 3.05) is 0 Å². The van der Waals surface area contributed by atoms with Gasteiger partial charge in [-0.1, -0.05) is 0 Å². The molecule has 0 saturated carbocycles. The van der Waals surface area contributed by atoms with E-state index >= 15 is 0 Å². The van der Waals surface area contributed by atoms with Gasteiger partial charge in [-0.05, 0) is 0 Å². The van der Waals surface area contributed by atoms with Gasteiger partial charge in [0.25, 0.3) is 0 Å². The van der Waals surface area contributed by atoms with Gasteiger partial charge in [-0.3, -0.25) is 0 Å². The Morgan fingerprint density at radius 3 is 1.67 bits per heavy atom. The molecule has 0 aliphatic carbocycles. The van der Waals surface area contributed by atoms with Crippen molar-refractivity contribution in [3.8, 4) is 0 Å². The summed E-state index contributed by atoms with van der Waals surface area (Å²) in [4.78, 5) is 0. The molecule has 18 heavy (non-hydrogen) atoms. The maximum absolute atomic E-state index is 12.5. The Bertz CT molecular complexity index is 524. The van der Waals surface area contributed by atoms with Crippen molar-refractivity contribution in [3.05, 3.63) is 61.7 Å². The second kappa shape index (κ2) is 4.78. The Balaban J connectivity index is 2.19. The average Bonchev–Trinajstić information content (AvgIpc) is 2.29. The third-order valence-electron chi connectivity index (χ3n) is 2.17. The van der Waals surface area contributed by atoms with Crippen LogP contribution in [0.1, 0.15) is 0 Å². The van der Waals surface area contributed by atoms with Gasteiger partial charge in [-0.25, -0.2) is 0 Å². The number of hydrogen-bond donors (Lipinski definition) is 0. The molecular formula is C12H9F4IP+. The summed E-state index contributed by atoms with van der Waals surface area (Å²) in [5.74, 6) is 0. The minimum atomic E-state index is -7.60. The van der Waals surface area contributed by atoms with Crippen molar-refractivity contribution in [1.82, 2.24) is 0 Å². The van der Waals surface area contributed by atoms with Crippen LogP contribution in [0.3, 0.4) is 0 Å². The van der Waals surface area contributed by atoms with Crippen LogP contribution in [-0.4, -0.2) is 0 Å². The summed E-state index contributed by atoms with van der Waals surface area (Å²) in [7, 11) is -7.60. The molecule has 0 N–H and O–H groups in total. The van der Waals surface area contributed by atoms with E-state index in [0.717, 1.165) is 19.3 Å². The topological polar surface area (TPSA) is 0 Å². The number of halogens is 5. The molecule has 0 aromatic heterocycles. The zero-order valence-electron chi connectivity index (χ0n) is 9.03. The second-order valence-electron chi connectivity index (χ2n) is 3.59. The molecule has 0 spiro atoms. The van der Waals surface area contributed by atoms with Crippen molar-refractivity contribution >= 4 is 13.2 Å². The molecule has 0 fully saturated rings. The van der Waals surface area contributed by atoms with Gasteiger partial charge in [0, 0.05) is 0 Å². The molecule has 6 heteroatoms. The van der Waals surface area contributed by atoms with Crippen LogP contribution in [0.15, 0.2) is 54.6 Å². The number of benzene rings is 2. The molecule has 0 aliphatic rings. The van der Waals surface area contributed by atoms with Crippen LogP contribution in [0, 0.1) is 7.14 Å². The minimum absolute atomic E-state index is 0.513. The normalized spacial score (nSPS) is 13.9. The Labute approximate surface area is 113 Å². The van der Waals surface area contributed by atoms with Crippen LogP contribution in [0.2, 0.25) is 0 Å². The van der Waals surface area contributed by atoms with Crippen molar-refractivity contribution in [2.24, 2.45) is 0 Å². The summed E-state index contributed by atoms with van der Waals surface area (Å²) in [6.45, 7) is 0. The summed E-state index contributed by atoms with van der Waals surface area (Å²) in [5.41, 5.74) is 0. The molecule has 0 unspecified atom stereocenters. The van der Waals surface area contributed by atoms with Crippen molar-refractivity contribution in [3.63, 3.8) is 0 Å². The van der Waals surface area contributed by atoms with Gasteiger partial charge >= 0.3 is 113 Å². The SMILES string of the molecule is FP(F)(F)(F)c1ccc([I+]c2ccccc2)cc1. The predicted octanol–water partition coefficient (Wildman–Crippen LogP) is 1.53. The second-order valence-corrected chi connectivity index (χ2v) is 8.58. The molecule has 2 rings (SSSR count). The van der Waals surface area contributed by atoms with Crippen LogP contribution >= 0.6 is 7.85 Å². The Kier molecular flexibility index (Phi) is 3.65. The van der Waals surface area contributed by atoms with Gasteiger partial charge in [-0.15, -0.1) is 0 Å². The van der Waals surface area contributed by atoms with Crippen LogP contribution in [-0.2, 0) is 0 Å². The quantitative estimate of drug-likeness (QED) is 0.426. The summed E-state index contributed by atoms with van der Waals surface area (Å²) in [6, 6.07) is 14.0. The van der Waals surface area contributed by atoms with Gasteiger partial charge in [0.05, 0.1) is 0 Å². The first-order valence-corrected chi connectivity index (χ1v) is 8.97. The van der Waals surface area contributed by atoms with Crippen molar-refractivity contribution in [2.45, 2.75) is 0 Å². The van der Waals surface area contributed by atoms with E-state index in [-0.39, 0.29) is 0 Å². The van der Waals surface area contributed by atoms with E-state index in [1.807, 2.05) is 30.3 Å². The van der Waals surface area contributed by atoms with Gasteiger partial charge in [0.1, 0.15) is 0 Å². The molecule has 0 saturated heterocycles. The molecule has 0 radical (unpaired) electrons. The molecule has 0 nitrogen and oxygen atoms in total. The summed E-state index contributed by atoms with van der Waals surface area (Å²) < 4.78 is 52.0. The monoisotopic (exact) mass is 387 g/mol. The number of hydrogen-bond acceptors (Lipinski definition) is 0. The summed E-state index contributed by atoms with van der Waals surface area (Å²) in [6.07, 6.45) is 0. The van der Waals surface area contributed by atoms with E-state index in [9.17, 15) is 16.8 Å². The van der Waals surface area contributed by atoms with Crippen molar-refractivity contribution < 1.29 is 38.0 Å². The van der Waals surface area contributed by atoms with E-state index in [1.54, 1.807) is 0 Å². The molecule has 0 atom stereocenters. The molecule has 0 bridgehead atoms. The maximum atomic E-state index is 12.5. The van der Waals surface area contributed by atoms with Gasteiger partial charge in [-0.2, -0.15) is 0 Å². The first-order valence-electron chi connectivity index (χ1n) is 5.01. The zero-order valence-corrected chi connectivity index (χ0v) is 12.1. The predicted molar refractivity (Wildman–Crippen MR) is 61.3 cm³/mol. The first kappa shape index (κ1) is 13.7. The Morgan fingerprint density at radius 1 is 0.667 bits per heavy atom. The third-order valence-corrected chi connectivity index (χ3v) is 5.93. The standard InChI is InChI=1S/C12H9F4IP/c13-18(14,15,16)12-8-6-11(7-9-12)17-10-4-2-1-3-5-10/h1-9H/q+1. The Hall–Kier alpha value is -0.680. The van der Waals surface area contributed by atoms with E-state index in [4.69, 9.17) is 0 Å². The Morgan fingerprint density at radius 2 is 1.17 bits per heavy atom. The molecule has 0 heterocycles. The molecule has 2 aromatic rings. The average molecular weight is 387 g/mol. The summed E-state index contributed by atoms with van der Waals surface area (Å²) in [5, 5.41) is -1.14. The fourth-order valence-electron chi connectivity index (χ4n) is 1.33. The van der Waals surface area contributed by atoms with Crippen LogP contribution in [0.5, 0.6) is 0 Å². The molecule has 0 amide bonds. The van der Waals surface area contributed by atoms with E-state index in [1.165, 1.54) is 12.1 Å². The fraction of sp³-hybridized carbons (Fsp3) is 0. The van der Waals surface area contributed by atoms with Gasteiger partial charge < -0.3 is 0 Å². The first-order chi connectivity index (χ1) is 8.31. The van der Waals surface area contributed by atoms with Crippen LogP contribution < -0.4 is 26.5 Å². The zero-order chi connectivity index (χ0) is 13.3. The summed E-state index contributed by atoms with van der Waals surface area (Å²) >= 11 is -0.513. The van der Waals surface area contributed by atoms with E-state index in [2.05, 4.69) is 0 Å². The number of rotatable bonds is 3. The molecule has 96 valence electrons. The molecule has 2 aromatic carbocycles. The molecular weight excluding hydrogens is 378 g/mol. The van der Waals surface area contributed by atoms with E-state index in [0.29, 0.717) is 0 Å². The van der Waals surface area contributed by atoms with Crippen molar-refractivity contribution in [1.29, 1.82) is 0 Å².